The van der Waals surface area contributed by atoms with Gasteiger partial charge < -0.3 is 45.6 Å². The molecule has 6 rings (SSSR count). The van der Waals surface area contributed by atoms with Gasteiger partial charge in [0, 0.05) is 47.6 Å². The number of likely N-dealkylation sites (tertiary alicyclic amines) is 1. The van der Waals surface area contributed by atoms with E-state index >= 15 is 0 Å². The van der Waals surface area contributed by atoms with Gasteiger partial charge >= 0.3 is 6.18 Å². The Balaban J connectivity index is 0.912. The number of thiazole rings is 1. The van der Waals surface area contributed by atoms with Crippen LogP contribution in [0.4, 0.5) is 13.2 Å². The van der Waals surface area contributed by atoms with Gasteiger partial charge in [-0.2, -0.15) is 18.4 Å². The molecule has 0 bridgehead atoms. The lowest BCUT2D eigenvalue weighted by Crippen LogP contribution is -2.74. The molecule has 0 radical (unpaired) electrons. The van der Waals surface area contributed by atoms with Crippen LogP contribution in [0.3, 0.4) is 0 Å². The molecule has 1 aliphatic heterocycles. The third-order valence-electron chi connectivity index (χ3n) is 13.1. The molecular weight excluding hydrogens is 930 g/mol. The van der Waals surface area contributed by atoms with Crippen LogP contribution in [-0.4, -0.2) is 105 Å². The molecule has 4 aromatic rings. The van der Waals surface area contributed by atoms with Crippen molar-refractivity contribution in [1.29, 1.82) is 5.26 Å². The Kier molecular flexibility index (Phi) is 16.5. The first-order valence-electron chi connectivity index (χ1n) is 23.1. The van der Waals surface area contributed by atoms with E-state index in [1.165, 1.54) is 31.3 Å². The van der Waals surface area contributed by atoms with Gasteiger partial charge in [-0.1, -0.05) is 70.5 Å². The molecule has 1 aliphatic carbocycles. The van der Waals surface area contributed by atoms with Gasteiger partial charge in [-0.05, 0) is 81.5 Å². The number of β-amino-alcohol motifs (C(OH)–C–C–N with tert-alkyl or cyclic N) is 1. The number of rotatable bonds is 19. The summed E-state index contributed by atoms with van der Waals surface area (Å²) in [6.07, 6.45) is -4.96. The van der Waals surface area contributed by atoms with Crippen molar-refractivity contribution in [2.75, 3.05) is 19.8 Å². The monoisotopic (exact) mass is 990 g/mol. The summed E-state index contributed by atoms with van der Waals surface area (Å²) in [5.41, 5.74) is 0.743. The summed E-state index contributed by atoms with van der Waals surface area (Å²) in [4.78, 5) is 60.0. The predicted molar refractivity (Wildman–Crippen MR) is 254 cm³/mol. The average molecular weight is 991 g/mol. The number of aromatic nitrogens is 1. The molecule has 2 heterocycles. The van der Waals surface area contributed by atoms with Crippen molar-refractivity contribution in [3.05, 3.63) is 106 Å². The highest BCUT2D eigenvalue weighted by atomic mass is 32.1. The van der Waals surface area contributed by atoms with Crippen LogP contribution < -0.4 is 20.7 Å². The molecular formula is C51H61F3N6O9S. The molecule has 19 heteroatoms. The number of hydrogen-bond donors (Lipinski definition) is 6. The lowest BCUT2D eigenvalue weighted by Gasteiger charge is -2.63. The number of amides is 4. The highest BCUT2D eigenvalue weighted by Crippen LogP contribution is 2.56. The van der Waals surface area contributed by atoms with E-state index in [0.29, 0.717) is 17.5 Å². The van der Waals surface area contributed by atoms with Gasteiger partial charge in [0.15, 0.2) is 6.23 Å². The SMILES string of the molecule is Cc1ncsc1-c1ccc([C@H](O)NC(=O)[C@@H]2C[C@@H](O)CN2C(=O)C(NC(=O)COCCCCCc2ccc(C(=O)N[C@H]3C(C)(C)[C@H](Oc4ccc(C#N)c(C(F)(F)F)c4)C3(C)C)cc2)C(C)(C)O)cc1. The molecule has 4 atom stereocenters. The summed E-state index contributed by atoms with van der Waals surface area (Å²) in [5, 5.41) is 49.6. The standard InChI is InChI=1S/C51H61F3N6O9S/c1-29-40(70-28-56-29)31-16-18-33(19-17-31)42(63)58-44(65)38-23-35(61)26-60(38)45(66)41(50(6,7)67)57-39(62)27-68-22-10-8-9-11-30-12-14-32(15-13-30)43(64)59-46-48(2,3)47(49(46,4)5)69-36-21-20-34(25-55)37(24-36)51(52,53)54/h12-21,24,28,35,38,41-42,46-47,61,63,67H,8-11,22-23,26-27H2,1-7H3,(H,57,62)(H,58,65)(H,59,64)/t35-,38+,41?,42+,46-,47-/m1/s1. The Bertz CT molecular complexity index is 2540. The second-order valence-electron chi connectivity index (χ2n) is 19.8. The number of alkyl halides is 3. The second-order valence-corrected chi connectivity index (χ2v) is 20.6. The Labute approximate surface area is 409 Å². The number of aryl methyl sites for hydroxylation is 2. The van der Waals surface area contributed by atoms with E-state index in [2.05, 4.69) is 20.9 Å². The van der Waals surface area contributed by atoms with Gasteiger partial charge in [0.2, 0.25) is 17.7 Å². The van der Waals surface area contributed by atoms with Crippen LogP contribution in [0, 0.1) is 29.1 Å². The Morgan fingerprint density at radius 3 is 2.24 bits per heavy atom. The normalized spacial score (nSPS) is 20.4. The highest BCUT2D eigenvalue weighted by molar-refractivity contribution is 7.13. The van der Waals surface area contributed by atoms with Crippen molar-refractivity contribution in [2.45, 2.75) is 129 Å². The van der Waals surface area contributed by atoms with Crippen molar-refractivity contribution in [1.82, 2.24) is 25.8 Å². The van der Waals surface area contributed by atoms with Crippen LogP contribution in [0.15, 0.2) is 72.2 Å². The number of nitriles is 1. The van der Waals surface area contributed by atoms with Crippen LogP contribution in [0.1, 0.15) is 112 Å². The smallest absolute Gasteiger partial charge is 0.417 e. The number of halogens is 3. The fourth-order valence-electron chi connectivity index (χ4n) is 9.70. The van der Waals surface area contributed by atoms with Crippen molar-refractivity contribution in [3.8, 4) is 22.3 Å². The van der Waals surface area contributed by atoms with Crippen LogP contribution in [0.25, 0.3) is 10.4 Å². The fourth-order valence-corrected chi connectivity index (χ4v) is 10.5. The average Bonchev–Trinajstić information content (AvgIpc) is 3.92. The number of unbranched alkanes of at least 4 members (excludes halogenated alkanes) is 2. The molecule has 6 N–H and O–H groups in total. The van der Waals surface area contributed by atoms with E-state index < -0.39 is 88.6 Å². The van der Waals surface area contributed by atoms with Crippen molar-refractivity contribution in [2.24, 2.45) is 10.8 Å². The number of nitrogens with one attached hydrogen (secondary N) is 3. The minimum absolute atomic E-state index is 0.0130. The maximum atomic E-state index is 13.8. The molecule has 3 aromatic carbocycles. The maximum absolute atomic E-state index is 13.8. The molecule has 1 saturated heterocycles. The van der Waals surface area contributed by atoms with E-state index in [1.807, 2.05) is 46.8 Å². The number of carbonyl (C=O) groups excluding carboxylic acids is 4. The van der Waals surface area contributed by atoms with Gasteiger partial charge in [-0.15, -0.1) is 11.3 Å². The van der Waals surface area contributed by atoms with Crippen LogP contribution in [0.2, 0.25) is 0 Å². The van der Waals surface area contributed by atoms with Gasteiger partial charge in [0.1, 0.15) is 30.5 Å². The van der Waals surface area contributed by atoms with Crippen LogP contribution in [-0.2, 0) is 31.7 Å². The number of aliphatic hydroxyl groups excluding tert-OH is 2. The fraction of sp³-hybridized carbons (Fsp3) is 0.490. The summed E-state index contributed by atoms with van der Waals surface area (Å²) < 4.78 is 52.4. The molecule has 15 nitrogen and oxygen atoms in total. The van der Waals surface area contributed by atoms with Gasteiger partial charge in [-0.25, -0.2) is 4.98 Å². The lowest BCUT2D eigenvalue weighted by atomic mass is 9.49. The summed E-state index contributed by atoms with van der Waals surface area (Å²) in [7, 11) is 0. The number of benzene rings is 3. The summed E-state index contributed by atoms with van der Waals surface area (Å²) in [6, 6.07) is 16.0. The number of nitrogens with zero attached hydrogens (tertiary/aromatic N) is 3. The largest absolute Gasteiger partial charge is 0.489 e. The maximum Gasteiger partial charge on any atom is 0.417 e. The molecule has 70 heavy (non-hydrogen) atoms. The molecule has 2 aliphatic rings. The zero-order chi connectivity index (χ0) is 51.3. The lowest BCUT2D eigenvalue weighted by molar-refractivity contribution is -0.164. The van der Waals surface area contributed by atoms with Crippen molar-refractivity contribution >= 4 is 35.0 Å². The molecule has 0 spiro atoms. The first-order valence-corrected chi connectivity index (χ1v) is 24.0. The molecule has 1 aromatic heterocycles. The first-order chi connectivity index (χ1) is 32.8. The number of carbonyl (C=O) groups is 4. The second kappa shape index (κ2) is 21.6. The summed E-state index contributed by atoms with van der Waals surface area (Å²) in [5.74, 6) is -2.48. The topological polar surface area (TPSA) is 223 Å². The molecule has 1 saturated carbocycles. The minimum Gasteiger partial charge on any atom is -0.489 e. The number of aliphatic hydroxyl groups is 3. The third-order valence-corrected chi connectivity index (χ3v) is 14.1. The Morgan fingerprint density at radius 2 is 1.64 bits per heavy atom. The Morgan fingerprint density at radius 1 is 0.971 bits per heavy atom. The highest BCUT2D eigenvalue weighted by Gasteiger charge is 2.64. The van der Waals surface area contributed by atoms with Crippen molar-refractivity contribution in [3.63, 3.8) is 0 Å². The number of hydrogen-bond acceptors (Lipinski definition) is 12. The molecule has 376 valence electrons. The van der Waals surface area contributed by atoms with Gasteiger partial charge in [-0.3, -0.25) is 19.2 Å². The molecule has 1 unspecified atom stereocenters. The summed E-state index contributed by atoms with van der Waals surface area (Å²) in [6.45, 7) is 11.7. The molecule has 2 fully saturated rings. The summed E-state index contributed by atoms with van der Waals surface area (Å²) >= 11 is 1.48. The van der Waals surface area contributed by atoms with E-state index in [9.17, 15) is 47.7 Å². The molecule has 4 amide bonds. The van der Waals surface area contributed by atoms with E-state index in [1.54, 1.807) is 48.0 Å². The Hall–Kier alpha value is -5.91. The van der Waals surface area contributed by atoms with Gasteiger partial charge in [0.05, 0.1) is 45.0 Å². The van der Waals surface area contributed by atoms with Crippen molar-refractivity contribution < 1.29 is 57.1 Å². The van der Waals surface area contributed by atoms with Crippen LogP contribution >= 0.6 is 11.3 Å². The first kappa shape index (κ1) is 53.4. The third kappa shape index (κ3) is 12.3. The van der Waals surface area contributed by atoms with E-state index in [-0.39, 0.29) is 37.3 Å². The van der Waals surface area contributed by atoms with Crippen LogP contribution in [0.5, 0.6) is 5.75 Å². The van der Waals surface area contributed by atoms with E-state index in [4.69, 9.17) is 14.7 Å². The zero-order valence-electron chi connectivity index (χ0n) is 40.2. The predicted octanol–water partition coefficient (Wildman–Crippen LogP) is 6.38. The minimum atomic E-state index is -4.72. The zero-order valence-corrected chi connectivity index (χ0v) is 41.0. The van der Waals surface area contributed by atoms with E-state index in [0.717, 1.165) is 58.0 Å². The van der Waals surface area contributed by atoms with Gasteiger partial charge in [0.25, 0.3) is 5.91 Å². The quantitative estimate of drug-likeness (QED) is 0.0447. The number of ether oxygens (including phenoxy) is 2.